The fourth-order valence-electron chi connectivity index (χ4n) is 7.54. The van der Waals surface area contributed by atoms with Crippen molar-refractivity contribution in [2.45, 2.75) is 0 Å². The van der Waals surface area contributed by atoms with Crippen molar-refractivity contribution in [3.8, 4) is 11.5 Å². The van der Waals surface area contributed by atoms with E-state index < -0.39 is 0 Å². The van der Waals surface area contributed by atoms with E-state index >= 15 is 0 Å². The molecule has 0 atom stereocenters. The lowest BCUT2D eigenvalue weighted by Crippen LogP contribution is -2.02. The van der Waals surface area contributed by atoms with Gasteiger partial charge < -0.3 is 0 Å². The van der Waals surface area contributed by atoms with E-state index in [4.69, 9.17) is 9.78 Å². The van der Waals surface area contributed by atoms with Crippen LogP contribution in [0, 0.1) is 0 Å². The Bertz CT molecular complexity index is 2670. The molecule has 0 spiro atoms. The zero-order valence-corrected chi connectivity index (χ0v) is 24.8. The van der Waals surface area contributed by atoms with Crippen molar-refractivity contribution in [1.29, 1.82) is 0 Å². The van der Waals surface area contributed by atoms with Gasteiger partial charge in [-0.05, 0) is 87.5 Å². The molecule has 46 heavy (non-hydrogen) atoms. The first-order chi connectivity index (χ1) is 22.8. The molecule has 0 saturated carbocycles. The fraction of sp³-hybridized carbons (Fsp3) is 0. The third kappa shape index (κ3) is 3.65. The highest BCUT2D eigenvalue weighted by Crippen LogP contribution is 2.41. The van der Waals surface area contributed by atoms with Crippen LogP contribution in [0.25, 0.3) is 86.2 Å². The summed E-state index contributed by atoms with van der Waals surface area (Å²) in [7, 11) is 0. The van der Waals surface area contributed by atoms with Gasteiger partial charge in [-0.3, -0.25) is 9.78 Å². The van der Waals surface area contributed by atoms with Crippen LogP contribution in [0.1, 0.15) is 0 Å². The number of rotatable bonds is 3. The summed E-state index contributed by atoms with van der Waals surface area (Å²) in [6, 6.07) is 56.1. The van der Waals surface area contributed by atoms with E-state index in [-0.39, 0.29) is 0 Å². The lowest BCUT2D eigenvalue weighted by Gasteiger charge is -2.15. The van der Waals surface area contributed by atoms with E-state index in [2.05, 4.69) is 133 Å². The van der Waals surface area contributed by atoms with Crippen LogP contribution in [0.15, 0.2) is 158 Å². The van der Waals surface area contributed by atoms with Gasteiger partial charge >= 0.3 is 0 Å². The standard InChI is InChI=1S/C44H26O2/c1-3-11-31-27(7-1)15-19-35-33(31)23-25-39-37(35)21-17-29-9-5-13-41(43(29)39)45-46-42-14-6-10-30-18-22-38-36-20-16-28-8-2-4-12-32(28)34(36)24-26-40(38)44(30)42/h1-26H. The van der Waals surface area contributed by atoms with Gasteiger partial charge in [0.05, 0.1) is 0 Å². The van der Waals surface area contributed by atoms with E-state index in [0.717, 1.165) is 32.3 Å². The molecule has 0 amide bonds. The molecule has 0 aromatic heterocycles. The second-order valence-corrected chi connectivity index (χ2v) is 12.1. The monoisotopic (exact) mass is 586 g/mol. The second kappa shape index (κ2) is 9.69. The van der Waals surface area contributed by atoms with E-state index in [1.165, 1.54) is 53.9 Å². The molecule has 0 saturated heterocycles. The van der Waals surface area contributed by atoms with Crippen LogP contribution >= 0.6 is 0 Å². The lowest BCUT2D eigenvalue weighted by atomic mass is 9.94. The van der Waals surface area contributed by atoms with Crippen molar-refractivity contribution in [3.63, 3.8) is 0 Å². The maximum atomic E-state index is 6.30. The van der Waals surface area contributed by atoms with Crippen molar-refractivity contribution in [2.24, 2.45) is 0 Å². The first-order valence-electron chi connectivity index (χ1n) is 15.7. The van der Waals surface area contributed by atoms with Crippen LogP contribution in [0.5, 0.6) is 11.5 Å². The van der Waals surface area contributed by atoms with E-state index in [0.29, 0.717) is 11.5 Å². The van der Waals surface area contributed by atoms with Gasteiger partial charge in [0.15, 0.2) is 11.5 Å². The zero-order valence-electron chi connectivity index (χ0n) is 24.8. The van der Waals surface area contributed by atoms with Crippen molar-refractivity contribution in [1.82, 2.24) is 0 Å². The summed E-state index contributed by atoms with van der Waals surface area (Å²) in [6.45, 7) is 0. The van der Waals surface area contributed by atoms with Gasteiger partial charge in [-0.15, -0.1) is 0 Å². The third-order valence-electron chi connectivity index (χ3n) is 9.67. The summed E-state index contributed by atoms with van der Waals surface area (Å²) in [4.78, 5) is 12.6. The van der Waals surface area contributed by atoms with Gasteiger partial charge in [-0.2, -0.15) is 0 Å². The molecular formula is C44H26O2. The van der Waals surface area contributed by atoms with Crippen molar-refractivity contribution in [3.05, 3.63) is 158 Å². The maximum Gasteiger partial charge on any atom is 0.187 e. The Labute approximate surface area is 264 Å². The van der Waals surface area contributed by atoms with Gasteiger partial charge in [-0.25, -0.2) is 0 Å². The molecule has 0 heterocycles. The molecule has 0 unspecified atom stereocenters. The van der Waals surface area contributed by atoms with Crippen LogP contribution in [-0.4, -0.2) is 0 Å². The van der Waals surface area contributed by atoms with Gasteiger partial charge in [-0.1, -0.05) is 146 Å². The van der Waals surface area contributed by atoms with Gasteiger partial charge in [0, 0.05) is 10.8 Å². The summed E-state index contributed by atoms with van der Waals surface area (Å²) >= 11 is 0. The summed E-state index contributed by atoms with van der Waals surface area (Å²) in [5.41, 5.74) is 0. The summed E-state index contributed by atoms with van der Waals surface area (Å²) in [6.07, 6.45) is 0. The number of hydrogen-bond acceptors (Lipinski definition) is 2. The molecule has 0 bridgehead atoms. The topological polar surface area (TPSA) is 18.5 Å². The van der Waals surface area contributed by atoms with E-state index in [9.17, 15) is 0 Å². The summed E-state index contributed by atoms with van der Waals surface area (Å²) in [5.74, 6) is 1.38. The molecular weight excluding hydrogens is 560 g/mol. The quantitative estimate of drug-likeness (QED) is 0.116. The molecule has 0 aliphatic rings. The van der Waals surface area contributed by atoms with Crippen molar-refractivity contribution < 1.29 is 9.78 Å². The van der Waals surface area contributed by atoms with Gasteiger partial charge in [0.2, 0.25) is 0 Å². The Morgan fingerprint density at radius 2 is 0.543 bits per heavy atom. The number of fused-ring (bicyclic) bond motifs is 14. The molecule has 0 radical (unpaired) electrons. The fourth-order valence-corrected chi connectivity index (χ4v) is 7.54. The molecule has 10 aromatic carbocycles. The first kappa shape index (κ1) is 25.2. The Balaban J connectivity index is 1.13. The molecule has 0 N–H and O–H groups in total. The predicted octanol–water partition coefficient (Wildman–Crippen LogP) is 12.3. The van der Waals surface area contributed by atoms with Crippen molar-refractivity contribution >= 4 is 86.2 Å². The molecule has 0 fully saturated rings. The lowest BCUT2D eigenvalue weighted by molar-refractivity contribution is -0.0967. The molecule has 10 aromatic rings. The van der Waals surface area contributed by atoms with Crippen LogP contribution < -0.4 is 9.78 Å². The maximum absolute atomic E-state index is 6.30. The Morgan fingerprint density at radius 1 is 0.217 bits per heavy atom. The Hall–Kier alpha value is -6.12. The van der Waals surface area contributed by atoms with Crippen LogP contribution in [0.3, 0.4) is 0 Å². The van der Waals surface area contributed by atoms with Crippen LogP contribution in [-0.2, 0) is 0 Å². The Morgan fingerprint density at radius 3 is 1.02 bits per heavy atom. The van der Waals surface area contributed by atoms with Crippen LogP contribution in [0.4, 0.5) is 0 Å². The van der Waals surface area contributed by atoms with E-state index in [1.807, 2.05) is 24.3 Å². The highest BCUT2D eigenvalue weighted by atomic mass is 17.2. The van der Waals surface area contributed by atoms with Gasteiger partial charge in [0.25, 0.3) is 0 Å². The SMILES string of the molecule is c1ccc2c(c1)ccc1c2ccc2c1ccc1cccc(OOc3cccc4ccc5c6ccc7ccccc7c6ccc5c34)c12. The Kier molecular flexibility index (Phi) is 5.31. The number of benzene rings is 10. The largest absolute Gasteiger partial charge is 0.289 e. The average molecular weight is 587 g/mol. The van der Waals surface area contributed by atoms with Crippen molar-refractivity contribution in [2.75, 3.05) is 0 Å². The zero-order chi connectivity index (χ0) is 30.2. The normalized spacial score (nSPS) is 11.9. The third-order valence-corrected chi connectivity index (χ3v) is 9.67. The minimum atomic E-state index is 0.692. The summed E-state index contributed by atoms with van der Waals surface area (Å²) < 4.78 is 0. The second-order valence-electron chi connectivity index (χ2n) is 12.1. The van der Waals surface area contributed by atoms with E-state index in [1.54, 1.807) is 0 Å². The average Bonchev–Trinajstić information content (AvgIpc) is 3.12. The smallest absolute Gasteiger partial charge is 0.187 e. The molecule has 0 aliphatic carbocycles. The number of hydrogen-bond donors (Lipinski definition) is 0. The highest BCUT2D eigenvalue weighted by molar-refractivity contribution is 6.24. The van der Waals surface area contributed by atoms with Crippen LogP contribution in [0.2, 0.25) is 0 Å². The minimum Gasteiger partial charge on any atom is -0.289 e. The molecule has 0 aliphatic heterocycles. The van der Waals surface area contributed by atoms with Gasteiger partial charge in [0.1, 0.15) is 0 Å². The highest BCUT2D eigenvalue weighted by Gasteiger charge is 2.15. The summed E-state index contributed by atoms with van der Waals surface area (Å²) in [5, 5.41) is 19.0. The minimum absolute atomic E-state index is 0.692. The first-order valence-corrected chi connectivity index (χ1v) is 15.7. The molecule has 214 valence electrons. The molecule has 10 rings (SSSR count). The predicted molar refractivity (Wildman–Crippen MR) is 194 cm³/mol. The molecule has 2 heteroatoms. The molecule has 2 nitrogen and oxygen atoms in total.